The fourth-order valence-corrected chi connectivity index (χ4v) is 3.16. The molecule has 0 spiro atoms. The zero-order chi connectivity index (χ0) is 22.8. The third-order valence-corrected chi connectivity index (χ3v) is 4.67. The van der Waals surface area contributed by atoms with Gasteiger partial charge in [-0.3, -0.25) is 14.0 Å². The number of rotatable bonds is 7. The van der Waals surface area contributed by atoms with Gasteiger partial charge in [0.05, 0.1) is 5.52 Å². The molecule has 3 aromatic heterocycles. The molecule has 0 saturated heterocycles. The molecule has 0 unspecified atom stereocenters. The van der Waals surface area contributed by atoms with E-state index >= 15 is 0 Å². The average Bonchev–Trinajstić information content (AvgIpc) is 3.21. The van der Waals surface area contributed by atoms with Gasteiger partial charge in [0.25, 0.3) is 11.8 Å². The largest absolute Gasteiger partial charge is 0.488 e. The molecule has 4 rings (SSSR count). The number of primary amides is 2. The van der Waals surface area contributed by atoms with E-state index in [-0.39, 0.29) is 29.6 Å². The smallest absolute Gasteiger partial charge is 0.423 e. The van der Waals surface area contributed by atoms with E-state index in [9.17, 15) is 19.6 Å². The molecule has 4 aromatic rings. The van der Waals surface area contributed by atoms with Crippen molar-refractivity contribution in [1.82, 2.24) is 24.6 Å². The van der Waals surface area contributed by atoms with Crippen molar-refractivity contribution in [2.45, 2.75) is 6.54 Å². The Hall–Kier alpha value is -4.36. The van der Waals surface area contributed by atoms with Gasteiger partial charge in [0.2, 0.25) is 5.82 Å². The van der Waals surface area contributed by atoms with Gasteiger partial charge in [0.15, 0.2) is 11.5 Å². The lowest BCUT2D eigenvalue weighted by Gasteiger charge is -2.10. The number of carbonyl (C=O) groups is 2. The Morgan fingerprint density at radius 2 is 1.84 bits per heavy atom. The average molecular weight is 432 g/mol. The summed E-state index contributed by atoms with van der Waals surface area (Å²) < 4.78 is 1.50. The summed E-state index contributed by atoms with van der Waals surface area (Å²) >= 11 is 0. The molecule has 7 N–H and O–H groups in total. The lowest BCUT2D eigenvalue weighted by atomic mass is 9.80. The SMILES string of the molecule is NC(=O)c1nnc(-c2ncn3c(C(N)=O)cccc23)nc1NCc1cccc(B(O)O)c1. The predicted octanol–water partition coefficient (Wildman–Crippen LogP) is -1.32. The summed E-state index contributed by atoms with van der Waals surface area (Å²) in [5.41, 5.74) is 12.7. The quantitative estimate of drug-likeness (QED) is 0.220. The van der Waals surface area contributed by atoms with E-state index < -0.39 is 18.9 Å². The fraction of sp³-hybridized carbons (Fsp3) is 0.0526. The Balaban J connectivity index is 1.71. The summed E-state index contributed by atoms with van der Waals surface area (Å²) in [7, 11) is -1.61. The molecule has 0 aliphatic carbocycles. The van der Waals surface area contributed by atoms with Crippen LogP contribution in [0.3, 0.4) is 0 Å². The highest BCUT2D eigenvalue weighted by Crippen LogP contribution is 2.22. The van der Waals surface area contributed by atoms with Crippen LogP contribution >= 0.6 is 0 Å². The normalized spacial score (nSPS) is 10.8. The van der Waals surface area contributed by atoms with Gasteiger partial charge in [-0.25, -0.2) is 9.97 Å². The van der Waals surface area contributed by atoms with Crippen LogP contribution in [-0.2, 0) is 6.54 Å². The van der Waals surface area contributed by atoms with Gasteiger partial charge in [-0.15, -0.1) is 10.2 Å². The second kappa shape index (κ2) is 8.41. The van der Waals surface area contributed by atoms with Crippen LogP contribution in [0.1, 0.15) is 26.5 Å². The zero-order valence-corrected chi connectivity index (χ0v) is 16.5. The lowest BCUT2D eigenvalue weighted by molar-refractivity contribution is 0.0986. The molecule has 2 amide bonds. The van der Waals surface area contributed by atoms with Crippen LogP contribution in [0.25, 0.3) is 17.0 Å². The molecule has 0 fully saturated rings. The van der Waals surface area contributed by atoms with E-state index in [1.54, 1.807) is 42.5 Å². The van der Waals surface area contributed by atoms with Crippen molar-refractivity contribution in [3.8, 4) is 11.5 Å². The van der Waals surface area contributed by atoms with Crippen molar-refractivity contribution in [1.29, 1.82) is 0 Å². The number of benzene rings is 1. The molecular formula is C19H17BN8O4. The second-order valence-electron chi connectivity index (χ2n) is 6.79. The number of fused-ring (bicyclic) bond motifs is 1. The highest BCUT2D eigenvalue weighted by molar-refractivity contribution is 6.58. The highest BCUT2D eigenvalue weighted by Gasteiger charge is 2.19. The first-order valence-corrected chi connectivity index (χ1v) is 9.34. The van der Waals surface area contributed by atoms with Gasteiger partial charge in [-0.1, -0.05) is 30.3 Å². The number of amides is 2. The van der Waals surface area contributed by atoms with Crippen LogP contribution in [0.4, 0.5) is 5.82 Å². The Morgan fingerprint density at radius 3 is 2.56 bits per heavy atom. The predicted molar refractivity (Wildman–Crippen MR) is 115 cm³/mol. The Morgan fingerprint density at radius 1 is 1.06 bits per heavy atom. The molecule has 13 heteroatoms. The summed E-state index contributed by atoms with van der Waals surface area (Å²) in [5.74, 6) is -1.28. The Labute approximate surface area is 181 Å². The van der Waals surface area contributed by atoms with E-state index in [4.69, 9.17) is 11.5 Å². The first-order valence-electron chi connectivity index (χ1n) is 9.34. The molecular weight excluding hydrogens is 415 g/mol. The number of hydrogen-bond acceptors (Lipinski definition) is 9. The third kappa shape index (κ3) is 3.97. The topological polar surface area (TPSA) is 195 Å². The summed E-state index contributed by atoms with van der Waals surface area (Å²) in [4.78, 5) is 32.1. The number of nitrogens with zero attached hydrogens (tertiary/aromatic N) is 5. The molecule has 0 bridgehead atoms. The van der Waals surface area contributed by atoms with Gasteiger partial charge in [0.1, 0.15) is 17.7 Å². The van der Waals surface area contributed by atoms with Crippen LogP contribution in [0.2, 0.25) is 0 Å². The number of nitrogens with two attached hydrogens (primary N) is 2. The van der Waals surface area contributed by atoms with Gasteiger partial charge in [0, 0.05) is 6.54 Å². The van der Waals surface area contributed by atoms with E-state index in [1.165, 1.54) is 10.7 Å². The lowest BCUT2D eigenvalue weighted by Crippen LogP contribution is -2.30. The van der Waals surface area contributed by atoms with E-state index in [2.05, 4.69) is 25.5 Å². The van der Waals surface area contributed by atoms with Gasteiger partial charge >= 0.3 is 7.12 Å². The van der Waals surface area contributed by atoms with Crippen molar-refractivity contribution in [3.63, 3.8) is 0 Å². The first kappa shape index (κ1) is 20.9. The monoisotopic (exact) mass is 432 g/mol. The molecule has 0 radical (unpaired) electrons. The zero-order valence-electron chi connectivity index (χ0n) is 16.5. The van der Waals surface area contributed by atoms with Gasteiger partial charge < -0.3 is 26.8 Å². The minimum Gasteiger partial charge on any atom is -0.423 e. The van der Waals surface area contributed by atoms with Crippen molar-refractivity contribution in [3.05, 3.63) is 65.7 Å². The number of pyridine rings is 1. The van der Waals surface area contributed by atoms with Crippen LogP contribution in [0.5, 0.6) is 0 Å². The maximum atomic E-state index is 11.8. The number of anilines is 1. The summed E-state index contributed by atoms with van der Waals surface area (Å²) in [6.45, 7) is 0.189. The first-order chi connectivity index (χ1) is 15.3. The minimum absolute atomic E-state index is 0.0738. The number of nitrogens with one attached hydrogen (secondary N) is 1. The van der Waals surface area contributed by atoms with Crippen LogP contribution in [0, 0.1) is 0 Å². The van der Waals surface area contributed by atoms with Crippen LogP contribution in [-0.4, -0.2) is 53.5 Å². The van der Waals surface area contributed by atoms with Crippen LogP contribution in [0.15, 0.2) is 48.8 Å². The van der Waals surface area contributed by atoms with Crippen molar-refractivity contribution >= 4 is 35.7 Å². The maximum Gasteiger partial charge on any atom is 0.488 e. The second-order valence-corrected chi connectivity index (χ2v) is 6.79. The van der Waals surface area contributed by atoms with Gasteiger partial charge in [-0.2, -0.15) is 0 Å². The van der Waals surface area contributed by atoms with Crippen molar-refractivity contribution in [2.24, 2.45) is 11.5 Å². The standard InChI is InChI=1S/C19H17BN8O4/c21-16(29)13-6-2-5-12-14(24-9-28(12)13)19-25-18(15(17(22)30)26-27-19)23-8-10-3-1-4-11(7-10)20(31)32/h1-7,9,31-32H,8H2,(H2,21,29)(H2,22,30)(H,23,25,27). The molecule has 0 atom stereocenters. The number of carbonyl (C=O) groups excluding carboxylic acids is 2. The minimum atomic E-state index is -1.61. The molecule has 1 aromatic carbocycles. The molecule has 3 heterocycles. The third-order valence-electron chi connectivity index (χ3n) is 4.67. The number of hydrogen-bond donors (Lipinski definition) is 5. The molecule has 0 saturated carbocycles. The summed E-state index contributed by atoms with van der Waals surface area (Å²) in [6, 6.07) is 11.5. The van der Waals surface area contributed by atoms with Crippen molar-refractivity contribution in [2.75, 3.05) is 5.32 Å². The number of imidazole rings is 1. The molecule has 12 nitrogen and oxygen atoms in total. The Bertz CT molecular complexity index is 1340. The maximum absolute atomic E-state index is 11.8. The van der Waals surface area contributed by atoms with E-state index in [0.717, 1.165) is 0 Å². The number of aromatic nitrogens is 5. The molecule has 32 heavy (non-hydrogen) atoms. The van der Waals surface area contributed by atoms with E-state index in [0.29, 0.717) is 22.2 Å². The highest BCUT2D eigenvalue weighted by atomic mass is 16.4. The molecule has 0 aliphatic heterocycles. The van der Waals surface area contributed by atoms with E-state index in [1.807, 2.05) is 0 Å². The molecule has 160 valence electrons. The molecule has 0 aliphatic rings. The van der Waals surface area contributed by atoms with Crippen LogP contribution < -0.4 is 22.2 Å². The summed E-state index contributed by atoms with van der Waals surface area (Å²) in [6.07, 6.45) is 1.41. The summed E-state index contributed by atoms with van der Waals surface area (Å²) in [5, 5.41) is 29.5. The Kier molecular flexibility index (Phi) is 5.49. The van der Waals surface area contributed by atoms with Gasteiger partial charge in [-0.05, 0) is 23.2 Å². The fourth-order valence-electron chi connectivity index (χ4n) is 3.16. The van der Waals surface area contributed by atoms with Crippen molar-refractivity contribution < 1.29 is 19.6 Å².